The minimum atomic E-state index is 0.509. The van der Waals surface area contributed by atoms with Crippen LogP contribution < -0.4 is 11.1 Å². The normalized spacial score (nSPS) is 23.9. The van der Waals surface area contributed by atoms with Gasteiger partial charge in [0.2, 0.25) is 0 Å². The van der Waals surface area contributed by atoms with Crippen molar-refractivity contribution in [1.82, 2.24) is 9.88 Å². The maximum absolute atomic E-state index is 6.02. The van der Waals surface area contributed by atoms with Crippen LogP contribution in [0.3, 0.4) is 0 Å². The minimum absolute atomic E-state index is 0.509. The van der Waals surface area contributed by atoms with E-state index < -0.39 is 0 Å². The highest BCUT2D eigenvalue weighted by Gasteiger charge is 2.23. The van der Waals surface area contributed by atoms with Gasteiger partial charge in [-0.1, -0.05) is 0 Å². The summed E-state index contributed by atoms with van der Waals surface area (Å²) >= 11 is 0. The number of fused-ring (bicyclic) bond motifs is 1. The van der Waals surface area contributed by atoms with E-state index in [0.717, 1.165) is 35.2 Å². The molecule has 4 heteroatoms. The maximum Gasteiger partial charge on any atom is 0.0953 e. The molecule has 3 N–H and O–H groups in total. The molecule has 3 rings (SSSR count). The van der Waals surface area contributed by atoms with Crippen molar-refractivity contribution in [3.8, 4) is 0 Å². The number of nitrogen functional groups attached to an aromatic ring is 1. The van der Waals surface area contributed by atoms with Gasteiger partial charge in [-0.25, -0.2) is 0 Å². The van der Waals surface area contributed by atoms with Crippen molar-refractivity contribution >= 4 is 22.3 Å². The highest BCUT2D eigenvalue weighted by Crippen LogP contribution is 2.28. The fraction of sp³-hybridized carbons (Fsp3) is 0.438. The van der Waals surface area contributed by atoms with Crippen LogP contribution in [0.4, 0.5) is 11.4 Å². The number of nitrogens with one attached hydrogen (secondary N) is 1. The Kier molecular flexibility index (Phi) is 3.49. The summed E-state index contributed by atoms with van der Waals surface area (Å²) in [5.74, 6) is 0. The third kappa shape index (κ3) is 2.43. The average molecular weight is 270 g/mol. The first-order chi connectivity index (χ1) is 9.65. The highest BCUT2D eigenvalue weighted by molar-refractivity contribution is 5.98. The van der Waals surface area contributed by atoms with Crippen LogP contribution in [-0.4, -0.2) is 35.6 Å². The van der Waals surface area contributed by atoms with Gasteiger partial charge in [-0.3, -0.25) is 4.98 Å². The van der Waals surface area contributed by atoms with Gasteiger partial charge >= 0.3 is 0 Å². The quantitative estimate of drug-likeness (QED) is 0.824. The maximum atomic E-state index is 6.02. The molecule has 1 aliphatic heterocycles. The van der Waals surface area contributed by atoms with Crippen LogP contribution in [-0.2, 0) is 0 Å². The van der Waals surface area contributed by atoms with Crippen LogP contribution in [0.2, 0.25) is 0 Å². The molecule has 1 aromatic heterocycles. The summed E-state index contributed by atoms with van der Waals surface area (Å²) in [5, 5.41) is 4.68. The molecule has 106 valence electrons. The second kappa shape index (κ2) is 5.29. The van der Waals surface area contributed by atoms with E-state index in [2.05, 4.69) is 29.2 Å². The van der Waals surface area contributed by atoms with Crippen LogP contribution in [0.5, 0.6) is 0 Å². The molecule has 20 heavy (non-hydrogen) atoms. The smallest absolute Gasteiger partial charge is 0.0953 e. The van der Waals surface area contributed by atoms with Crippen LogP contribution in [0, 0.1) is 0 Å². The zero-order valence-corrected chi connectivity index (χ0v) is 12.1. The van der Waals surface area contributed by atoms with Crippen molar-refractivity contribution in [1.29, 1.82) is 0 Å². The van der Waals surface area contributed by atoms with Crippen LogP contribution in [0.25, 0.3) is 10.9 Å². The molecule has 0 radical (unpaired) electrons. The van der Waals surface area contributed by atoms with Crippen molar-refractivity contribution in [2.24, 2.45) is 0 Å². The number of hydrogen-bond donors (Lipinski definition) is 2. The standard InChI is InChI=1S/C16H22N4/c1-11-10-12(7-9-20(11)2)19-15-6-5-14(17)13-4-3-8-18-16(13)15/h3-6,8,11-12,19H,7,9-10,17H2,1-2H3. The number of piperidine rings is 1. The number of aromatic nitrogens is 1. The second-order valence-corrected chi connectivity index (χ2v) is 5.80. The van der Waals surface area contributed by atoms with Gasteiger partial charge in [0, 0.05) is 35.9 Å². The molecule has 0 saturated carbocycles. The fourth-order valence-corrected chi connectivity index (χ4v) is 2.95. The van der Waals surface area contributed by atoms with Gasteiger partial charge in [-0.2, -0.15) is 0 Å². The molecule has 4 nitrogen and oxygen atoms in total. The van der Waals surface area contributed by atoms with Gasteiger partial charge in [0.1, 0.15) is 0 Å². The van der Waals surface area contributed by atoms with Crippen LogP contribution >= 0.6 is 0 Å². The first-order valence-electron chi connectivity index (χ1n) is 7.25. The number of nitrogens with zero attached hydrogens (tertiary/aromatic N) is 2. The van der Waals surface area contributed by atoms with Gasteiger partial charge in [-0.05, 0) is 51.1 Å². The van der Waals surface area contributed by atoms with Crippen molar-refractivity contribution in [2.45, 2.75) is 31.8 Å². The predicted octanol–water partition coefficient (Wildman–Crippen LogP) is 2.71. The number of likely N-dealkylation sites (tertiary alicyclic amines) is 1. The number of pyridine rings is 1. The Morgan fingerprint density at radius 3 is 3.00 bits per heavy atom. The largest absolute Gasteiger partial charge is 0.398 e. The van der Waals surface area contributed by atoms with Crippen LogP contribution in [0.1, 0.15) is 19.8 Å². The van der Waals surface area contributed by atoms with E-state index in [4.69, 9.17) is 5.73 Å². The Hall–Kier alpha value is -1.81. The Morgan fingerprint density at radius 2 is 2.20 bits per heavy atom. The lowest BCUT2D eigenvalue weighted by Crippen LogP contribution is -2.42. The lowest BCUT2D eigenvalue weighted by molar-refractivity contribution is 0.190. The van der Waals surface area contributed by atoms with Gasteiger partial charge in [0.15, 0.2) is 0 Å². The summed E-state index contributed by atoms with van der Waals surface area (Å²) in [6.07, 6.45) is 4.15. The number of benzene rings is 1. The molecule has 2 atom stereocenters. The van der Waals surface area contributed by atoms with E-state index in [9.17, 15) is 0 Å². The number of hydrogen-bond acceptors (Lipinski definition) is 4. The monoisotopic (exact) mass is 270 g/mol. The van der Waals surface area contributed by atoms with Crippen molar-refractivity contribution in [3.05, 3.63) is 30.5 Å². The molecule has 2 heterocycles. The summed E-state index contributed by atoms with van der Waals surface area (Å²) in [6, 6.07) is 9.10. The molecule has 1 saturated heterocycles. The van der Waals surface area contributed by atoms with E-state index in [0.29, 0.717) is 12.1 Å². The zero-order valence-electron chi connectivity index (χ0n) is 12.1. The average Bonchev–Trinajstić information content (AvgIpc) is 2.46. The molecule has 2 unspecified atom stereocenters. The van der Waals surface area contributed by atoms with Gasteiger partial charge < -0.3 is 16.0 Å². The van der Waals surface area contributed by atoms with Gasteiger partial charge in [-0.15, -0.1) is 0 Å². The first kappa shape index (κ1) is 13.2. The molecular weight excluding hydrogens is 248 g/mol. The summed E-state index contributed by atoms with van der Waals surface area (Å²) in [7, 11) is 2.20. The fourth-order valence-electron chi connectivity index (χ4n) is 2.95. The molecule has 0 spiro atoms. The summed E-state index contributed by atoms with van der Waals surface area (Å²) in [5.41, 5.74) is 8.88. The summed E-state index contributed by atoms with van der Waals surface area (Å²) < 4.78 is 0. The number of anilines is 2. The third-order valence-corrected chi connectivity index (χ3v) is 4.37. The van der Waals surface area contributed by atoms with Gasteiger partial charge in [0.05, 0.1) is 11.2 Å². The van der Waals surface area contributed by atoms with E-state index in [1.165, 1.54) is 6.42 Å². The first-order valence-corrected chi connectivity index (χ1v) is 7.25. The second-order valence-electron chi connectivity index (χ2n) is 5.80. The van der Waals surface area contributed by atoms with E-state index in [1.807, 2.05) is 30.5 Å². The molecule has 0 bridgehead atoms. The Balaban J connectivity index is 1.86. The molecule has 2 aromatic rings. The van der Waals surface area contributed by atoms with E-state index in [-0.39, 0.29) is 0 Å². The molecular formula is C16H22N4. The van der Waals surface area contributed by atoms with E-state index >= 15 is 0 Å². The van der Waals surface area contributed by atoms with Crippen LogP contribution in [0.15, 0.2) is 30.5 Å². The highest BCUT2D eigenvalue weighted by atomic mass is 15.1. The molecule has 1 fully saturated rings. The Labute approximate surface area is 120 Å². The lowest BCUT2D eigenvalue weighted by atomic mass is 9.98. The molecule has 1 aromatic carbocycles. The predicted molar refractivity (Wildman–Crippen MR) is 84.9 cm³/mol. The summed E-state index contributed by atoms with van der Waals surface area (Å²) in [4.78, 5) is 6.90. The van der Waals surface area contributed by atoms with Crippen molar-refractivity contribution in [3.63, 3.8) is 0 Å². The lowest BCUT2D eigenvalue weighted by Gasteiger charge is -2.35. The number of rotatable bonds is 2. The Bertz CT molecular complexity index is 610. The molecule has 0 aliphatic carbocycles. The Morgan fingerprint density at radius 1 is 1.35 bits per heavy atom. The summed E-state index contributed by atoms with van der Waals surface area (Å²) in [6.45, 7) is 3.42. The SMILES string of the molecule is CC1CC(Nc2ccc(N)c3cccnc23)CCN1C. The molecule has 0 amide bonds. The van der Waals surface area contributed by atoms with Gasteiger partial charge in [0.25, 0.3) is 0 Å². The van der Waals surface area contributed by atoms with Crippen molar-refractivity contribution in [2.75, 3.05) is 24.6 Å². The number of nitrogens with two attached hydrogens (primary N) is 1. The third-order valence-electron chi connectivity index (χ3n) is 4.37. The van der Waals surface area contributed by atoms with Crippen molar-refractivity contribution < 1.29 is 0 Å². The topological polar surface area (TPSA) is 54.2 Å². The van der Waals surface area contributed by atoms with E-state index in [1.54, 1.807) is 0 Å². The molecule has 1 aliphatic rings. The zero-order chi connectivity index (χ0) is 14.1. The minimum Gasteiger partial charge on any atom is -0.398 e.